The van der Waals surface area contributed by atoms with Crippen LogP contribution in [0.15, 0.2) is 11.4 Å². The molecule has 0 saturated heterocycles. The molecule has 0 aliphatic carbocycles. The summed E-state index contributed by atoms with van der Waals surface area (Å²) in [6.45, 7) is 6.77. The normalized spacial score (nSPS) is 11.9. The molecule has 0 unspecified atom stereocenters. The lowest BCUT2D eigenvalue weighted by Crippen LogP contribution is -1.99. The van der Waals surface area contributed by atoms with E-state index in [0.29, 0.717) is 19.4 Å². The summed E-state index contributed by atoms with van der Waals surface area (Å²) in [4.78, 5) is 1.16. The zero-order chi connectivity index (χ0) is 14.8. The maximum absolute atomic E-state index is 12.6. The van der Waals surface area contributed by atoms with E-state index in [0.717, 1.165) is 11.3 Å². The number of hydrogen-bond donors (Lipinski definition) is 0. The summed E-state index contributed by atoms with van der Waals surface area (Å²) in [6.07, 6.45) is 6.48. The van der Waals surface area contributed by atoms with Gasteiger partial charge >= 0.3 is 7.60 Å². The fraction of sp³-hybridized carbons (Fsp3) is 0.733. The highest BCUT2D eigenvalue weighted by molar-refractivity contribution is 7.53. The third-order valence-electron chi connectivity index (χ3n) is 3.13. The number of hydrogen-bond acceptors (Lipinski definition) is 4. The highest BCUT2D eigenvalue weighted by Gasteiger charge is 2.25. The topological polar surface area (TPSA) is 35.5 Å². The van der Waals surface area contributed by atoms with E-state index in [9.17, 15) is 4.57 Å². The zero-order valence-corrected chi connectivity index (χ0v) is 14.6. The highest BCUT2D eigenvalue weighted by Crippen LogP contribution is 2.52. The molecule has 0 aliphatic rings. The second-order valence-electron chi connectivity index (χ2n) is 4.78. The lowest BCUT2D eigenvalue weighted by Gasteiger charge is -2.17. The van der Waals surface area contributed by atoms with Crippen LogP contribution in [0.5, 0.6) is 0 Å². The van der Waals surface area contributed by atoms with Gasteiger partial charge in [-0.2, -0.15) is 0 Å². The number of unbranched alkanes of at least 4 members (excludes halogenated alkanes) is 3. The Kier molecular flexibility index (Phi) is 8.70. The average molecular weight is 318 g/mol. The molecule has 0 N–H and O–H groups in total. The Morgan fingerprint density at radius 2 is 1.80 bits per heavy atom. The van der Waals surface area contributed by atoms with Crippen molar-refractivity contribution in [2.45, 2.75) is 59.0 Å². The van der Waals surface area contributed by atoms with E-state index in [-0.39, 0.29) is 0 Å². The first-order chi connectivity index (χ1) is 9.65. The Bertz CT molecular complexity index is 407. The molecule has 0 bridgehead atoms. The molecule has 116 valence electrons. The predicted octanol–water partition coefficient (Wildman–Crippen LogP) is 5.64. The highest BCUT2D eigenvalue weighted by atomic mass is 32.1. The SMILES string of the molecule is CCCCCCc1ccsc1CP(=O)(OCC)OCC. The van der Waals surface area contributed by atoms with Crippen LogP contribution in [0.1, 0.15) is 56.9 Å². The lowest BCUT2D eigenvalue weighted by atomic mass is 10.1. The van der Waals surface area contributed by atoms with Crippen molar-refractivity contribution in [2.24, 2.45) is 0 Å². The van der Waals surface area contributed by atoms with Gasteiger partial charge in [0, 0.05) is 4.88 Å². The molecule has 0 amide bonds. The van der Waals surface area contributed by atoms with Gasteiger partial charge in [0.25, 0.3) is 0 Å². The predicted molar refractivity (Wildman–Crippen MR) is 86.7 cm³/mol. The largest absolute Gasteiger partial charge is 0.335 e. The van der Waals surface area contributed by atoms with Crippen LogP contribution >= 0.6 is 18.9 Å². The molecule has 3 nitrogen and oxygen atoms in total. The Hall–Kier alpha value is -0.150. The van der Waals surface area contributed by atoms with Gasteiger partial charge < -0.3 is 9.05 Å². The summed E-state index contributed by atoms with van der Waals surface area (Å²) in [7, 11) is -2.97. The summed E-state index contributed by atoms with van der Waals surface area (Å²) in [5, 5.41) is 2.08. The van der Waals surface area contributed by atoms with Gasteiger partial charge in [-0.1, -0.05) is 26.2 Å². The van der Waals surface area contributed by atoms with Crippen LogP contribution in [0.2, 0.25) is 0 Å². The molecule has 1 aromatic rings. The summed E-state index contributed by atoms with van der Waals surface area (Å²) in [5.74, 6) is 0. The van der Waals surface area contributed by atoms with Crippen LogP contribution in [-0.2, 0) is 26.2 Å². The van der Waals surface area contributed by atoms with Crippen molar-refractivity contribution in [1.29, 1.82) is 0 Å². The third kappa shape index (κ3) is 6.09. The molecule has 0 radical (unpaired) electrons. The first-order valence-electron chi connectivity index (χ1n) is 7.58. The van der Waals surface area contributed by atoms with Crippen molar-refractivity contribution in [2.75, 3.05) is 13.2 Å². The minimum Gasteiger partial charge on any atom is -0.309 e. The molecule has 0 atom stereocenters. The van der Waals surface area contributed by atoms with Crippen molar-refractivity contribution in [3.05, 3.63) is 21.9 Å². The van der Waals surface area contributed by atoms with Crippen LogP contribution in [-0.4, -0.2) is 13.2 Å². The average Bonchev–Trinajstić information content (AvgIpc) is 2.82. The van der Waals surface area contributed by atoms with E-state index in [1.807, 2.05) is 13.8 Å². The summed E-state index contributed by atoms with van der Waals surface area (Å²) < 4.78 is 23.3. The zero-order valence-electron chi connectivity index (χ0n) is 12.9. The summed E-state index contributed by atoms with van der Waals surface area (Å²) >= 11 is 1.66. The van der Waals surface area contributed by atoms with E-state index in [1.54, 1.807) is 11.3 Å². The molecule has 1 aromatic heterocycles. The van der Waals surface area contributed by atoms with Crippen LogP contribution in [0.25, 0.3) is 0 Å². The third-order valence-corrected chi connectivity index (χ3v) is 6.31. The van der Waals surface area contributed by atoms with Crippen molar-refractivity contribution in [3.8, 4) is 0 Å². The fourth-order valence-corrected chi connectivity index (χ4v) is 5.26. The molecule has 5 heteroatoms. The Labute approximate surface area is 127 Å². The molecule has 1 heterocycles. The molecular formula is C15H27O3PS. The summed E-state index contributed by atoms with van der Waals surface area (Å²) in [5.41, 5.74) is 1.31. The van der Waals surface area contributed by atoms with E-state index >= 15 is 0 Å². The van der Waals surface area contributed by atoms with Gasteiger partial charge in [0.05, 0.1) is 19.4 Å². The maximum atomic E-state index is 12.6. The minimum atomic E-state index is -2.97. The van der Waals surface area contributed by atoms with Crippen LogP contribution in [0.4, 0.5) is 0 Å². The second-order valence-corrected chi connectivity index (χ2v) is 7.84. The van der Waals surface area contributed by atoms with Gasteiger partial charge in [-0.3, -0.25) is 4.57 Å². The molecule has 20 heavy (non-hydrogen) atoms. The van der Waals surface area contributed by atoms with Gasteiger partial charge in [0.15, 0.2) is 0 Å². The van der Waals surface area contributed by atoms with Gasteiger partial charge in [-0.05, 0) is 43.7 Å². The van der Waals surface area contributed by atoms with Crippen molar-refractivity contribution in [3.63, 3.8) is 0 Å². The van der Waals surface area contributed by atoms with E-state index in [2.05, 4.69) is 18.4 Å². The van der Waals surface area contributed by atoms with Gasteiger partial charge in [-0.15, -0.1) is 11.3 Å². The van der Waals surface area contributed by atoms with Crippen LogP contribution in [0, 0.1) is 0 Å². The Balaban J connectivity index is 2.62. The first-order valence-corrected chi connectivity index (χ1v) is 10.2. The standard InChI is InChI=1S/C15H27O3PS/c1-4-7-8-9-10-14-11-12-20-15(14)13-19(16,17-5-2)18-6-3/h11-12H,4-10,13H2,1-3H3. The molecule has 0 aromatic carbocycles. The second kappa shape index (κ2) is 9.73. The molecule has 0 spiro atoms. The molecule has 0 fully saturated rings. The van der Waals surface area contributed by atoms with Crippen molar-refractivity contribution in [1.82, 2.24) is 0 Å². The summed E-state index contributed by atoms with van der Waals surface area (Å²) in [6, 6.07) is 2.15. The van der Waals surface area contributed by atoms with Crippen LogP contribution in [0.3, 0.4) is 0 Å². The maximum Gasteiger partial charge on any atom is 0.335 e. The fourth-order valence-electron chi connectivity index (χ4n) is 2.17. The smallest absolute Gasteiger partial charge is 0.309 e. The van der Waals surface area contributed by atoms with Gasteiger partial charge in [-0.25, -0.2) is 0 Å². The molecular weight excluding hydrogens is 291 g/mol. The first kappa shape index (κ1) is 17.9. The van der Waals surface area contributed by atoms with Crippen molar-refractivity contribution >= 4 is 18.9 Å². The van der Waals surface area contributed by atoms with E-state index in [4.69, 9.17) is 9.05 Å². The van der Waals surface area contributed by atoms with E-state index < -0.39 is 7.60 Å². The number of thiophene rings is 1. The van der Waals surface area contributed by atoms with Gasteiger partial charge in [0.2, 0.25) is 0 Å². The van der Waals surface area contributed by atoms with Crippen LogP contribution < -0.4 is 0 Å². The minimum absolute atomic E-state index is 0.412. The van der Waals surface area contributed by atoms with Crippen molar-refractivity contribution < 1.29 is 13.6 Å². The van der Waals surface area contributed by atoms with Gasteiger partial charge in [0.1, 0.15) is 0 Å². The quantitative estimate of drug-likeness (QED) is 0.391. The molecule has 0 aliphatic heterocycles. The molecule has 0 saturated carbocycles. The van der Waals surface area contributed by atoms with E-state index in [1.165, 1.54) is 31.2 Å². The number of aryl methyl sites for hydroxylation is 1. The Morgan fingerprint density at radius 1 is 1.10 bits per heavy atom. The Morgan fingerprint density at radius 3 is 2.40 bits per heavy atom. The molecule has 1 rings (SSSR count). The number of rotatable bonds is 11. The monoisotopic (exact) mass is 318 g/mol. The lowest BCUT2D eigenvalue weighted by molar-refractivity contribution is 0.219.